The van der Waals surface area contributed by atoms with E-state index in [-0.39, 0.29) is 0 Å². The smallest absolute Gasteiger partial charge is 0.220 e. The molecular formula is C13H19N9. The lowest BCUT2D eigenvalue weighted by atomic mass is 10.1. The fourth-order valence-electron chi connectivity index (χ4n) is 2.09. The highest BCUT2D eigenvalue weighted by Gasteiger charge is 2.10. The predicted molar refractivity (Wildman–Crippen MR) is 82.9 cm³/mol. The van der Waals surface area contributed by atoms with Crippen LogP contribution in [0.15, 0.2) is 18.7 Å². The van der Waals surface area contributed by atoms with Crippen molar-refractivity contribution in [1.82, 2.24) is 34.6 Å². The zero-order valence-corrected chi connectivity index (χ0v) is 12.9. The summed E-state index contributed by atoms with van der Waals surface area (Å²) in [5.74, 6) is 1.08. The maximum Gasteiger partial charge on any atom is 0.220 e. The van der Waals surface area contributed by atoms with Gasteiger partial charge in [-0.15, -0.1) is 10.2 Å². The summed E-state index contributed by atoms with van der Waals surface area (Å²) in [5.41, 5.74) is 2.65. The molecular weight excluding hydrogens is 282 g/mol. The van der Waals surface area contributed by atoms with Crippen LogP contribution in [-0.4, -0.2) is 47.7 Å². The third-order valence-electron chi connectivity index (χ3n) is 3.31. The number of hydrogen-bond acceptors (Lipinski definition) is 7. The first-order chi connectivity index (χ1) is 10.6. The van der Waals surface area contributed by atoms with Crippen LogP contribution in [0.4, 0.5) is 11.6 Å². The second kappa shape index (κ2) is 5.96. The van der Waals surface area contributed by atoms with Crippen LogP contribution in [0.2, 0.25) is 0 Å². The first-order valence-corrected chi connectivity index (χ1v) is 7.18. The fraction of sp³-hybridized carbons (Fsp3) is 0.462. The second-order valence-electron chi connectivity index (χ2n) is 5.30. The van der Waals surface area contributed by atoms with E-state index in [1.807, 2.05) is 13.1 Å². The molecule has 0 amide bonds. The van der Waals surface area contributed by atoms with Crippen molar-refractivity contribution in [3.63, 3.8) is 0 Å². The van der Waals surface area contributed by atoms with Gasteiger partial charge in [0.05, 0.1) is 11.4 Å². The molecule has 0 aliphatic rings. The van der Waals surface area contributed by atoms with Gasteiger partial charge < -0.3 is 10.6 Å². The van der Waals surface area contributed by atoms with Crippen LogP contribution in [0.1, 0.15) is 25.5 Å². The summed E-state index contributed by atoms with van der Waals surface area (Å²) in [6.45, 7) is 5.65. The zero-order chi connectivity index (χ0) is 15.5. The summed E-state index contributed by atoms with van der Waals surface area (Å²) in [6.07, 6.45) is 3.14. The molecule has 0 aliphatic carbocycles. The summed E-state index contributed by atoms with van der Waals surface area (Å²) in [7, 11) is 1.85. The van der Waals surface area contributed by atoms with Crippen LogP contribution in [0.3, 0.4) is 0 Å². The summed E-state index contributed by atoms with van der Waals surface area (Å²) in [6, 6.07) is 2.02. The van der Waals surface area contributed by atoms with Gasteiger partial charge in [-0.25, -0.2) is 4.68 Å². The van der Waals surface area contributed by atoms with E-state index in [9.17, 15) is 0 Å². The molecule has 9 nitrogen and oxygen atoms in total. The van der Waals surface area contributed by atoms with Crippen molar-refractivity contribution in [1.29, 1.82) is 0 Å². The molecule has 0 spiro atoms. The van der Waals surface area contributed by atoms with Crippen molar-refractivity contribution in [2.45, 2.75) is 19.8 Å². The number of nitrogens with one attached hydrogen (secondary N) is 2. The molecule has 0 fully saturated rings. The minimum atomic E-state index is 0.337. The standard InChI is InChI=1S/C13H19N9/c1-9(2)10-6-11(12-19-17-8-22(12)20-10)14-4-5-15-13-16-7-18-21(13)3/h6-9,14H,4-5H2,1-3H3,(H,15,16,18). The molecule has 0 atom stereocenters. The average molecular weight is 301 g/mol. The van der Waals surface area contributed by atoms with E-state index in [0.29, 0.717) is 12.5 Å². The molecule has 0 bridgehead atoms. The molecule has 3 aromatic rings. The molecule has 0 saturated heterocycles. The van der Waals surface area contributed by atoms with E-state index in [1.165, 1.54) is 6.33 Å². The largest absolute Gasteiger partial charge is 0.380 e. The van der Waals surface area contributed by atoms with Gasteiger partial charge >= 0.3 is 0 Å². The highest BCUT2D eigenvalue weighted by Crippen LogP contribution is 2.19. The van der Waals surface area contributed by atoms with Crippen molar-refractivity contribution in [3.8, 4) is 0 Å². The zero-order valence-electron chi connectivity index (χ0n) is 12.9. The molecule has 0 saturated carbocycles. The van der Waals surface area contributed by atoms with Crippen LogP contribution >= 0.6 is 0 Å². The number of hydrogen-bond donors (Lipinski definition) is 2. The maximum absolute atomic E-state index is 4.49. The Morgan fingerprint density at radius 3 is 2.77 bits per heavy atom. The fourth-order valence-corrected chi connectivity index (χ4v) is 2.09. The van der Waals surface area contributed by atoms with Crippen LogP contribution in [0.25, 0.3) is 5.65 Å². The molecule has 0 aromatic carbocycles. The molecule has 9 heteroatoms. The number of fused-ring (bicyclic) bond motifs is 1. The van der Waals surface area contributed by atoms with E-state index in [2.05, 4.69) is 49.9 Å². The number of anilines is 2. The number of rotatable bonds is 6. The van der Waals surface area contributed by atoms with Gasteiger partial charge in [0.15, 0.2) is 0 Å². The SMILES string of the molecule is CC(C)c1cc(NCCNc2ncnn2C)c2nncn2n1. The van der Waals surface area contributed by atoms with Crippen LogP contribution in [0.5, 0.6) is 0 Å². The molecule has 0 unspecified atom stereocenters. The van der Waals surface area contributed by atoms with Crippen molar-refractivity contribution in [2.24, 2.45) is 7.05 Å². The third kappa shape index (κ3) is 2.83. The lowest BCUT2D eigenvalue weighted by molar-refractivity contribution is 0.761. The lowest BCUT2D eigenvalue weighted by Crippen LogP contribution is -2.17. The topological polar surface area (TPSA) is 97.8 Å². The number of nitrogens with zero attached hydrogens (tertiary/aromatic N) is 7. The van der Waals surface area contributed by atoms with Gasteiger partial charge in [0.25, 0.3) is 0 Å². The van der Waals surface area contributed by atoms with E-state index < -0.39 is 0 Å². The number of aromatic nitrogens is 7. The summed E-state index contributed by atoms with van der Waals surface area (Å²) in [5, 5.41) is 23.1. The molecule has 0 aliphatic heterocycles. The van der Waals surface area contributed by atoms with Crippen molar-refractivity contribution in [2.75, 3.05) is 23.7 Å². The monoisotopic (exact) mass is 301 g/mol. The van der Waals surface area contributed by atoms with E-state index in [4.69, 9.17) is 0 Å². The van der Waals surface area contributed by atoms with Gasteiger partial charge in [0.2, 0.25) is 11.6 Å². The molecule has 3 aromatic heterocycles. The second-order valence-corrected chi connectivity index (χ2v) is 5.30. The van der Waals surface area contributed by atoms with Crippen molar-refractivity contribution < 1.29 is 0 Å². The Morgan fingerprint density at radius 1 is 1.23 bits per heavy atom. The number of aryl methyl sites for hydroxylation is 1. The van der Waals surface area contributed by atoms with Crippen LogP contribution in [0, 0.1) is 0 Å². The Balaban J connectivity index is 1.68. The van der Waals surface area contributed by atoms with Gasteiger partial charge in [-0.05, 0) is 12.0 Å². The van der Waals surface area contributed by atoms with E-state index in [0.717, 1.165) is 29.5 Å². The molecule has 3 heterocycles. The minimum Gasteiger partial charge on any atom is -0.380 e. The van der Waals surface area contributed by atoms with Gasteiger partial charge in [0, 0.05) is 20.1 Å². The molecule has 0 radical (unpaired) electrons. The van der Waals surface area contributed by atoms with Crippen LogP contribution in [-0.2, 0) is 7.05 Å². The third-order valence-corrected chi connectivity index (χ3v) is 3.31. The first-order valence-electron chi connectivity index (χ1n) is 7.18. The van der Waals surface area contributed by atoms with Crippen LogP contribution < -0.4 is 10.6 Å². The van der Waals surface area contributed by atoms with Gasteiger partial charge in [-0.1, -0.05) is 13.8 Å². The quantitative estimate of drug-likeness (QED) is 0.653. The van der Waals surface area contributed by atoms with E-state index >= 15 is 0 Å². The van der Waals surface area contributed by atoms with Gasteiger partial charge in [-0.2, -0.15) is 19.7 Å². The summed E-state index contributed by atoms with van der Waals surface area (Å²) >= 11 is 0. The van der Waals surface area contributed by atoms with Crippen molar-refractivity contribution in [3.05, 3.63) is 24.4 Å². The van der Waals surface area contributed by atoms with Gasteiger partial charge in [-0.3, -0.25) is 0 Å². The minimum absolute atomic E-state index is 0.337. The Bertz CT molecular complexity index is 758. The average Bonchev–Trinajstić information content (AvgIpc) is 3.12. The molecule has 116 valence electrons. The van der Waals surface area contributed by atoms with Gasteiger partial charge in [0.1, 0.15) is 12.7 Å². The maximum atomic E-state index is 4.49. The van der Waals surface area contributed by atoms with Crippen molar-refractivity contribution >= 4 is 17.3 Å². The summed E-state index contributed by atoms with van der Waals surface area (Å²) < 4.78 is 3.40. The molecule has 22 heavy (non-hydrogen) atoms. The molecule has 2 N–H and O–H groups in total. The predicted octanol–water partition coefficient (Wildman–Crippen LogP) is 0.900. The Morgan fingerprint density at radius 2 is 2.05 bits per heavy atom. The van der Waals surface area contributed by atoms with E-state index in [1.54, 1.807) is 15.5 Å². The molecule has 3 rings (SSSR count). The Labute approximate surface area is 127 Å². The highest BCUT2D eigenvalue weighted by molar-refractivity contribution is 5.66. The first kappa shape index (κ1) is 14.2. The Hall–Kier alpha value is -2.71. The highest BCUT2D eigenvalue weighted by atomic mass is 15.4. The Kier molecular flexibility index (Phi) is 3.86. The summed E-state index contributed by atoms with van der Waals surface area (Å²) in [4.78, 5) is 4.12. The normalized spacial score (nSPS) is 11.3. The lowest BCUT2D eigenvalue weighted by Gasteiger charge is -2.11.